The Hall–Kier alpha value is -1.90. The summed E-state index contributed by atoms with van der Waals surface area (Å²) in [5.74, 6) is -0.181. The van der Waals surface area contributed by atoms with E-state index in [2.05, 4.69) is 5.32 Å². The van der Waals surface area contributed by atoms with Crippen LogP contribution in [0.2, 0.25) is 0 Å². The lowest BCUT2D eigenvalue weighted by atomic mass is 10.1. The fraction of sp³-hybridized carbons (Fsp3) is 0.286. The summed E-state index contributed by atoms with van der Waals surface area (Å²) >= 11 is 0. The lowest BCUT2D eigenvalue weighted by molar-refractivity contribution is -0.116. The topological polar surface area (TPSA) is 53.0 Å². The van der Waals surface area contributed by atoms with E-state index in [9.17, 15) is 4.79 Å². The highest BCUT2D eigenvalue weighted by atomic mass is 16.1. The van der Waals surface area contributed by atoms with Gasteiger partial charge in [-0.05, 0) is 18.6 Å². The van der Waals surface area contributed by atoms with Crippen LogP contribution in [-0.4, -0.2) is 12.1 Å². The molecule has 0 spiro atoms. The standard InChI is InChI=1S/C12H14N2O.C2H6/c1-10-4-2-5-11(8-10)9-14-12(15)6-3-7-13;1-2/h2-8,13H,9H2,1H3,(H,14,15);1-2H3/b6-3-,13-7?;. The molecule has 0 heterocycles. The normalized spacial score (nSPS) is 9.35. The van der Waals surface area contributed by atoms with Crippen molar-refractivity contribution in [1.29, 1.82) is 5.41 Å². The zero-order valence-corrected chi connectivity index (χ0v) is 10.7. The molecule has 0 saturated carbocycles. The molecule has 0 aromatic heterocycles. The van der Waals surface area contributed by atoms with Crippen LogP contribution in [0.1, 0.15) is 25.0 Å². The number of hydrogen-bond donors (Lipinski definition) is 2. The summed E-state index contributed by atoms with van der Waals surface area (Å²) in [6.45, 7) is 6.53. The van der Waals surface area contributed by atoms with Crippen molar-refractivity contribution in [3.63, 3.8) is 0 Å². The zero-order chi connectivity index (χ0) is 13.1. The van der Waals surface area contributed by atoms with E-state index in [1.807, 2.05) is 45.0 Å². The lowest BCUT2D eigenvalue weighted by Gasteiger charge is -2.03. The van der Waals surface area contributed by atoms with E-state index in [0.717, 1.165) is 11.8 Å². The molecule has 92 valence electrons. The highest BCUT2D eigenvalue weighted by molar-refractivity contribution is 5.91. The average Bonchev–Trinajstić information content (AvgIpc) is 2.36. The van der Waals surface area contributed by atoms with Gasteiger partial charge in [0, 0.05) is 18.8 Å². The van der Waals surface area contributed by atoms with Crippen molar-refractivity contribution in [3.05, 3.63) is 47.5 Å². The maximum atomic E-state index is 11.2. The maximum Gasteiger partial charge on any atom is 0.244 e. The molecule has 0 aliphatic carbocycles. The van der Waals surface area contributed by atoms with Crippen molar-refractivity contribution in [2.75, 3.05) is 0 Å². The van der Waals surface area contributed by atoms with Gasteiger partial charge in [-0.1, -0.05) is 43.7 Å². The number of allylic oxidation sites excluding steroid dienone is 1. The van der Waals surface area contributed by atoms with Crippen LogP contribution in [0.4, 0.5) is 0 Å². The molecular weight excluding hydrogens is 212 g/mol. The summed E-state index contributed by atoms with van der Waals surface area (Å²) in [6.07, 6.45) is 3.81. The first-order chi connectivity index (χ1) is 8.22. The summed E-state index contributed by atoms with van der Waals surface area (Å²) in [5, 5.41) is 9.46. The summed E-state index contributed by atoms with van der Waals surface area (Å²) in [7, 11) is 0. The summed E-state index contributed by atoms with van der Waals surface area (Å²) in [6, 6.07) is 7.97. The predicted octanol–water partition coefficient (Wildman–Crippen LogP) is 2.84. The molecule has 1 amide bonds. The Labute approximate surface area is 103 Å². The van der Waals surface area contributed by atoms with Gasteiger partial charge >= 0.3 is 0 Å². The fourth-order valence-electron chi connectivity index (χ4n) is 1.21. The summed E-state index contributed by atoms with van der Waals surface area (Å²) < 4.78 is 0. The smallest absolute Gasteiger partial charge is 0.244 e. The Kier molecular flexibility index (Phi) is 8.29. The van der Waals surface area contributed by atoms with Gasteiger partial charge in [0.1, 0.15) is 0 Å². The van der Waals surface area contributed by atoms with Crippen molar-refractivity contribution >= 4 is 12.1 Å². The number of amides is 1. The second kappa shape index (κ2) is 9.33. The van der Waals surface area contributed by atoms with Gasteiger partial charge in [0.05, 0.1) is 0 Å². The third-order valence-electron chi connectivity index (χ3n) is 1.89. The number of hydrogen-bond acceptors (Lipinski definition) is 2. The third-order valence-corrected chi connectivity index (χ3v) is 1.89. The summed E-state index contributed by atoms with van der Waals surface area (Å²) in [5.41, 5.74) is 2.25. The van der Waals surface area contributed by atoms with Gasteiger partial charge in [-0.3, -0.25) is 4.79 Å². The first-order valence-corrected chi connectivity index (χ1v) is 5.73. The quantitative estimate of drug-likeness (QED) is 0.608. The van der Waals surface area contributed by atoms with E-state index < -0.39 is 0 Å². The Morgan fingerprint density at radius 2 is 2.12 bits per heavy atom. The summed E-state index contributed by atoms with van der Waals surface area (Å²) in [4.78, 5) is 11.2. The molecule has 0 aliphatic heterocycles. The number of carbonyl (C=O) groups is 1. The SMILES string of the molecule is CC.Cc1cccc(CNC(=O)/C=C\C=N)c1. The van der Waals surface area contributed by atoms with Gasteiger partial charge < -0.3 is 10.7 Å². The van der Waals surface area contributed by atoms with Crippen LogP contribution in [0.15, 0.2) is 36.4 Å². The number of rotatable bonds is 4. The van der Waals surface area contributed by atoms with Crippen molar-refractivity contribution in [2.45, 2.75) is 27.3 Å². The number of carbonyl (C=O) groups excluding carboxylic acids is 1. The first kappa shape index (κ1) is 15.1. The average molecular weight is 232 g/mol. The van der Waals surface area contributed by atoms with Crippen LogP contribution < -0.4 is 5.32 Å². The van der Waals surface area contributed by atoms with Crippen LogP contribution in [0.3, 0.4) is 0 Å². The molecule has 0 unspecified atom stereocenters. The van der Waals surface area contributed by atoms with Gasteiger partial charge in [-0.25, -0.2) is 0 Å². The van der Waals surface area contributed by atoms with Crippen LogP contribution in [0, 0.1) is 12.3 Å². The molecule has 1 aromatic carbocycles. The number of benzene rings is 1. The van der Waals surface area contributed by atoms with Gasteiger partial charge in [0.2, 0.25) is 5.91 Å². The lowest BCUT2D eigenvalue weighted by Crippen LogP contribution is -2.20. The van der Waals surface area contributed by atoms with E-state index in [4.69, 9.17) is 5.41 Å². The molecule has 17 heavy (non-hydrogen) atoms. The van der Waals surface area contributed by atoms with Gasteiger partial charge in [0.15, 0.2) is 0 Å². The van der Waals surface area contributed by atoms with Crippen molar-refractivity contribution in [3.8, 4) is 0 Å². The maximum absolute atomic E-state index is 11.2. The molecule has 0 fully saturated rings. The van der Waals surface area contributed by atoms with Gasteiger partial charge in [-0.2, -0.15) is 0 Å². The van der Waals surface area contributed by atoms with Crippen molar-refractivity contribution in [1.82, 2.24) is 5.32 Å². The molecular formula is C14H20N2O. The molecule has 0 bridgehead atoms. The highest BCUT2D eigenvalue weighted by Crippen LogP contribution is 2.02. The second-order valence-corrected chi connectivity index (χ2v) is 3.23. The molecule has 1 rings (SSSR count). The van der Waals surface area contributed by atoms with Crippen LogP contribution >= 0.6 is 0 Å². The molecule has 0 saturated heterocycles. The number of nitrogens with one attached hydrogen (secondary N) is 2. The second-order valence-electron chi connectivity index (χ2n) is 3.23. The minimum atomic E-state index is -0.181. The van der Waals surface area contributed by atoms with E-state index in [1.165, 1.54) is 17.7 Å². The fourth-order valence-corrected chi connectivity index (χ4v) is 1.21. The highest BCUT2D eigenvalue weighted by Gasteiger charge is 1.95. The third kappa shape index (κ3) is 7.06. The Morgan fingerprint density at radius 1 is 1.41 bits per heavy atom. The Bertz CT molecular complexity index is 384. The molecule has 0 atom stereocenters. The molecule has 2 N–H and O–H groups in total. The van der Waals surface area contributed by atoms with E-state index in [-0.39, 0.29) is 5.91 Å². The van der Waals surface area contributed by atoms with E-state index in [0.29, 0.717) is 6.54 Å². The van der Waals surface area contributed by atoms with Crippen molar-refractivity contribution in [2.24, 2.45) is 0 Å². The van der Waals surface area contributed by atoms with E-state index >= 15 is 0 Å². The molecule has 1 aromatic rings. The van der Waals surface area contributed by atoms with E-state index in [1.54, 1.807) is 0 Å². The van der Waals surface area contributed by atoms with Crippen LogP contribution in [0.5, 0.6) is 0 Å². The van der Waals surface area contributed by atoms with Crippen LogP contribution in [0.25, 0.3) is 0 Å². The van der Waals surface area contributed by atoms with Gasteiger partial charge in [0.25, 0.3) is 0 Å². The zero-order valence-electron chi connectivity index (χ0n) is 10.7. The first-order valence-electron chi connectivity index (χ1n) is 5.73. The van der Waals surface area contributed by atoms with Crippen LogP contribution in [-0.2, 0) is 11.3 Å². The van der Waals surface area contributed by atoms with Crippen molar-refractivity contribution < 1.29 is 4.79 Å². The molecule has 0 radical (unpaired) electrons. The predicted molar refractivity (Wildman–Crippen MR) is 72.3 cm³/mol. The minimum Gasteiger partial charge on any atom is -0.348 e. The molecule has 0 aliphatic rings. The molecule has 3 heteroatoms. The monoisotopic (exact) mass is 232 g/mol. The minimum absolute atomic E-state index is 0.181. The molecule has 3 nitrogen and oxygen atoms in total. The largest absolute Gasteiger partial charge is 0.348 e. The Morgan fingerprint density at radius 3 is 2.71 bits per heavy atom. The van der Waals surface area contributed by atoms with Gasteiger partial charge in [-0.15, -0.1) is 0 Å². The Balaban J connectivity index is 0.00000121. The number of aryl methyl sites for hydroxylation is 1.